The number of hydrogen-bond donors (Lipinski definition) is 9. The van der Waals surface area contributed by atoms with Gasteiger partial charge in [0.2, 0.25) is 17.7 Å². The van der Waals surface area contributed by atoms with E-state index in [0.29, 0.717) is 36.9 Å². The molecule has 0 spiro atoms. The number of rotatable bonds is 16. The second kappa shape index (κ2) is 16.2. The Labute approximate surface area is 237 Å². The summed E-state index contributed by atoms with van der Waals surface area (Å²) >= 11 is 0. The third-order valence-electron chi connectivity index (χ3n) is 6.37. The lowest BCUT2D eigenvalue weighted by Gasteiger charge is -2.26. The number of benzene rings is 2. The molecule has 0 aliphatic heterocycles. The molecule has 3 amide bonds. The highest BCUT2D eigenvalue weighted by atomic mass is 16.4. The van der Waals surface area contributed by atoms with E-state index in [-0.39, 0.29) is 24.3 Å². The molecule has 0 aliphatic rings. The average Bonchev–Trinajstić information content (AvgIpc) is 2.92. The lowest BCUT2D eigenvalue weighted by molar-refractivity contribution is -0.145. The number of aliphatic carboxylic acids is 1. The Bertz CT molecular complexity index is 1160. The van der Waals surface area contributed by atoms with E-state index in [1.54, 1.807) is 12.1 Å². The highest BCUT2D eigenvalue weighted by Gasteiger charge is 2.32. The summed E-state index contributed by atoms with van der Waals surface area (Å²) in [4.78, 5) is 51.1. The summed E-state index contributed by atoms with van der Waals surface area (Å²) in [6, 6.07) is 6.79. The number of nitrogens with one attached hydrogen (secondary N) is 3. The smallest absolute Gasteiger partial charge is 0.328 e. The third kappa shape index (κ3) is 11.1. The number of amides is 3. The fraction of sp³-hybridized carbons (Fsp3) is 0.429. The summed E-state index contributed by atoms with van der Waals surface area (Å²) in [6.45, 7) is 1.65. The zero-order valence-corrected chi connectivity index (χ0v) is 22.8. The summed E-state index contributed by atoms with van der Waals surface area (Å²) in [5, 5.41) is 45.9. The van der Waals surface area contributed by atoms with Crippen molar-refractivity contribution in [3.05, 3.63) is 59.7 Å². The van der Waals surface area contributed by atoms with Crippen LogP contribution in [0.1, 0.15) is 37.3 Å². The number of aliphatic hydroxyl groups excluding tert-OH is 1. The number of nitrogens with two attached hydrogens (primary N) is 2. The maximum absolute atomic E-state index is 13.5. The third-order valence-corrected chi connectivity index (χ3v) is 6.37. The molecule has 5 unspecified atom stereocenters. The van der Waals surface area contributed by atoms with E-state index < -0.39 is 54.0 Å². The molecule has 0 saturated carbocycles. The number of phenolic OH excluding ortho intramolecular Hbond substituents is 2. The summed E-state index contributed by atoms with van der Waals surface area (Å²) in [7, 11) is 0. The maximum atomic E-state index is 13.5. The number of carboxylic acids is 1. The Morgan fingerprint density at radius 1 is 0.756 bits per heavy atom. The van der Waals surface area contributed by atoms with E-state index in [4.69, 9.17) is 11.5 Å². The predicted octanol–water partition coefficient (Wildman–Crippen LogP) is -0.741. The molecule has 0 aliphatic carbocycles. The molecule has 13 nitrogen and oxygen atoms in total. The van der Waals surface area contributed by atoms with Gasteiger partial charge < -0.3 is 47.8 Å². The van der Waals surface area contributed by atoms with Gasteiger partial charge in [0.15, 0.2) is 6.04 Å². The molecule has 0 bridgehead atoms. The van der Waals surface area contributed by atoms with Crippen LogP contribution in [-0.4, -0.2) is 80.9 Å². The van der Waals surface area contributed by atoms with E-state index in [9.17, 15) is 39.6 Å². The first kappa shape index (κ1) is 33.0. The number of aliphatic hydroxyl groups is 1. The topological polar surface area (TPSA) is 237 Å². The summed E-state index contributed by atoms with van der Waals surface area (Å²) in [5.41, 5.74) is 12.6. The van der Waals surface area contributed by atoms with Gasteiger partial charge >= 0.3 is 5.97 Å². The van der Waals surface area contributed by atoms with Crippen LogP contribution in [0.3, 0.4) is 0 Å². The van der Waals surface area contributed by atoms with Gasteiger partial charge in [-0.1, -0.05) is 30.7 Å². The molecule has 13 heteroatoms. The van der Waals surface area contributed by atoms with Crippen molar-refractivity contribution in [3.8, 4) is 11.5 Å². The largest absolute Gasteiger partial charge is 0.508 e. The molecule has 2 aromatic rings. The second-order valence-corrected chi connectivity index (χ2v) is 9.82. The van der Waals surface area contributed by atoms with Gasteiger partial charge in [0, 0.05) is 12.8 Å². The minimum Gasteiger partial charge on any atom is -0.508 e. The van der Waals surface area contributed by atoms with Crippen LogP contribution in [0, 0.1) is 0 Å². The number of aromatic hydroxyl groups is 2. The van der Waals surface area contributed by atoms with E-state index >= 15 is 0 Å². The fourth-order valence-corrected chi connectivity index (χ4v) is 3.99. The SMILES string of the molecule is CC(O)C(NC(=O)C(Cc1ccc(O)cc1)NC(=O)C(Cc1ccc(O)cc1)NC(=O)C(N)CCCCN)C(=O)O. The molecular weight excluding hydrogens is 534 g/mol. The Kier molecular flexibility index (Phi) is 13.0. The monoisotopic (exact) mass is 573 g/mol. The Morgan fingerprint density at radius 3 is 1.61 bits per heavy atom. The van der Waals surface area contributed by atoms with Crippen LogP contribution in [0.4, 0.5) is 0 Å². The Balaban J connectivity index is 2.31. The van der Waals surface area contributed by atoms with Gasteiger partial charge in [-0.05, 0) is 61.7 Å². The van der Waals surface area contributed by atoms with Gasteiger partial charge in [-0.15, -0.1) is 0 Å². The van der Waals surface area contributed by atoms with Crippen LogP contribution >= 0.6 is 0 Å². The van der Waals surface area contributed by atoms with Gasteiger partial charge in [0.1, 0.15) is 23.6 Å². The number of carbonyl (C=O) groups excluding carboxylic acids is 3. The van der Waals surface area contributed by atoms with Crippen molar-refractivity contribution in [3.63, 3.8) is 0 Å². The van der Waals surface area contributed by atoms with Gasteiger partial charge in [0.25, 0.3) is 0 Å². The first-order chi connectivity index (χ1) is 19.4. The molecule has 0 saturated heterocycles. The predicted molar refractivity (Wildman–Crippen MR) is 150 cm³/mol. The van der Waals surface area contributed by atoms with Crippen LogP contribution in [0.2, 0.25) is 0 Å². The molecule has 41 heavy (non-hydrogen) atoms. The van der Waals surface area contributed by atoms with Crippen LogP contribution in [0.25, 0.3) is 0 Å². The Morgan fingerprint density at radius 2 is 1.20 bits per heavy atom. The lowest BCUT2D eigenvalue weighted by Crippen LogP contribution is -2.59. The van der Waals surface area contributed by atoms with Crippen LogP contribution in [0.5, 0.6) is 11.5 Å². The van der Waals surface area contributed by atoms with Crippen molar-refractivity contribution in [2.45, 2.75) is 69.3 Å². The molecule has 2 rings (SSSR count). The first-order valence-electron chi connectivity index (χ1n) is 13.2. The number of phenols is 2. The van der Waals surface area contributed by atoms with Crippen LogP contribution in [-0.2, 0) is 32.0 Å². The Hall–Kier alpha value is -4.20. The van der Waals surface area contributed by atoms with Gasteiger partial charge in [0.05, 0.1) is 12.1 Å². The number of carboxylic acid groups (broad SMARTS) is 1. The standard InChI is InChI=1S/C28H39N5O8/c1-16(34)24(28(40)41)33-27(39)23(15-18-7-11-20(36)12-8-18)32-26(38)22(14-17-5-9-19(35)10-6-17)31-25(37)21(30)4-2-3-13-29/h5-12,16,21-24,34-36H,2-4,13-15,29-30H2,1H3,(H,31,37)(H,32,38)(H,33,39)(H,40,41). The molecule has 0 radical (unpaired) electrons. The van der Waals surface area contributed by atoms with Gasteiger partial charge in [-0.2, -0.15) is 0 Å². The van der Waals surface area contributed by atoms with Gasteiger partial charge in [-0.3, -0.25) is 14.4 Å². The van der Waals surface area contributed by atoms with E-state index in [0.717, 1.165) is 0 Å². The van der Waals surface area contributed by atoms with E-state index in [1.807, 2.05) is 0 Å². The molecule has 224 valence electrons. The fourth-order valence-electron chi connectivity index (χ4n) is 3.99. The maximum Gasteiger partial charge on any atom is 0.328 e. The number of hydrogen-bond acceptors (Lipinski definition) is 9. The molecule has 0 fully saturated rings. The normalized spacial score (nSPS) is 14.6. The number of unbranched alkanes of at least 4 members (excludes halogenated alkanes) is 1. The van der Waals surface area contributed by atoms with Gasteiger partial charge in [-0.25, -0.2) is 4.79 Å². The van der Waals surface area contributed by atoms with Crippen molar-refractivity contribution >= 4 is 23.7 Å². The molecule has 11 N–H and O–H groups in total. The van der Waals surface area contributed by atoms with Crippen molar-refractivity contribution in [1.82, 2.24) is 16.0 Å². The number of carbonyl (C=O) groups is 4. The van der Waals surface area contributed by atoms with Crippen molar-refractivity contribution in [2.75, 3.05) is 6.54 Å². The first-order valence-corrected chi connectivity index (χ1v) is 13.2. The van der Waals surface area contributed by atoms with Crippen LogP contribution in [0.15, 0.2) is 48.5 Å². The molecule has 2 aromatic carbocycles. The average molecular weight is 574 g/mol. The van der Waals surface area contributed by atoms with E-state index in [1.165, 1.54) is 43.3 Å². The summed E-state index contributed by atoms with van der Waals surface area (Å²) in [5.74, 6) is -3.68. The van der Waals surface area contributed by atoms with Crippen LogP contribution < -0.4 is 27.4 Å². The van der Waals surface area contributed by atoms with Crippen molar-refractivity contribution in [2.24, 2.45) is 11.5 Å². The summed E-state index contributed by atoms with van der Waals surface area (Å²) < 4.78 is 0. The second-order valence-electron chi connectivity index (χ2n) is 9.82. The summed E-state index contributed by atoms with van der Waals surface area (Å²) in [6.07, 6.45) is 0.107. The highest BCUT2D eigenvalue weighted by molar-refractivity contribution is 5.94. The van der Waals surface area contributed by atoms with Crippen molar-refractivity contribution < 1.29 is 39.6 Å². The minimum absolute atomic E-state index is 0.00759. The quantitative estimate of drug-likeness (QED) is 0.114. The van der Waals surface area contributed by atoms with Crippen molar-refractivity contribution in [1.29, 1.82) is 0 Å². The van der Waals surface area contributed by atoms with E-state index in [2.05, 4.69) is 16.0 Å². The molecule has 0 heterocycles. The highest BCUT2D eigenvalue weighted by Crippen LogP contribution is 2.14. The lowest BCUT2D eigenvalue weighted by atomic mass is 10.0. The molecule has 0 aromatic heterocycles. The molecule has 5 atom stereocenters. The minimum atomic E-state index is -1.64. The zero-order valence-electron chi connectivity index (χ0n) is 22.8. The molecular formula is C28H39N5O8. The zero-order chi connectivity index (χ0) is 30.5.